The molecule has 0 aliphatic heterocycles. The summed E-state index contributed by atoms with van der Waals surface area (Å²) in [7, 11) is 0. The highest BCUT2D eigenvalue weighted by Crippen LogP contribution is 2.30. The highest BCUT2D eigenvalue weighted by molar-refractivity contribution is 5.91. The average Bonchev–Trinajstić information content (AvgIpc) is 3.03. The number of fused-ring (bicyclic) bond motifs is 1. The molecule has 1 N–H and O–H groups in total. The maximum Gasteiger partial charge on any atom is 0.433 e. The van der Waals surface area contributed by atoms with Crippen LogP contribution in [0.1, 0.15) is 40.4 Å². The van der Waals surface area contributed by atoms with Crippen LogP contribution in [-0.4, -0.2) is 17.4 Å². The van der Waals surface area contributed by atoms with Gasteiger partial charge in [-0.3, -0.25) is 14.9 Å². The first-order chi connectivity index (χ1) is 10.6. The molecule has 1 atom stereocenters. The van der Waals surface area contributed by atoms with E-state index in [4.69, 9.17) is 4.42 Å². The van der Waals surface area contributed by atoms with Crippen LogP contribution in [0.4, 0.5) is 5.88 Å². The number of carbonyl (C=O) groups excluding carboxylic acids is 1. The lowest BCUT2D eigenvalue weighted by Gasteiger charge is -2.25. The minimum Gasteiger partial charge on any atom is -0.395 e. The number of aryl methyl sites for hydroxylation is 1. The summed E-state index contributed by atoms with van der Waals surface area (Å²) >= 11 is 0. The summed E-state index contributed by atoms with van der Waals surface area (Å²) in [6, 6.07) is 10.8. The number of nitrogens with one attached hydrogen (secondary N) is 1. The fraction of sp³-hybridized carbons (Fsp3) is 0.312. The molecule has 0 saturated carbocycles. The zero-order valence-electron chi connectivity index (χ0n) is 12.0. The van der Waals surface area contributed by atoms with Crippen molar-refractivity contribution in [3.8, 4) is 0 Å². The molecule has 22 heavy (non-hydrogen) atoms. The first-order valence-electron chi connectivity index (χ1n) is 7.25. The zero-order valence-corrected chi connectivity index (χ0v) is 12.0. The van der Waals surface area contributed by atoms with Crippen molar-refractivity contribution in [1.82, 2.24) is 5.32 Å². The first kappa shape index (κ1) is 14.3. The summed E-state index contributed by atoms with van der Waals surface area (Å²) in [5, 5.41) is 13.4. The van der Waals surface area contributed by atoms with Gasteiger partial charge in [-0.25, -0.2) is 0 Å². The van der Waals surface area contributed by atoms with E-state index in [0.717, 1.165) is 19.3 Å². The third-order valence-corrected chi connectivity index (χ3v) is 4.00. The second kappa shape index (κ2) is 6.01. The van der Waals surface area contributed by atoms with Crippen molar-refractivity contribution in [1.29, 1.82) is 0 Å². The second-order valence-corrected chi connectivity index (χ2v) is 5.39. The standard InChI is InChI=1S/C16H16N2O4/c19-16(14-8-9-15(22-14)18(20)21)17-10-12-6-3-5-11-4-1-2-7-13(11)12/h1-2,4,7-9,12H,3,5-6,10H2,(H,17,19). The van der Waals surface area contributed by atoms with Crippen LogP contribution in [-0.2, 0) is 6.42 Å². The van der Waals surface area contributed by atoms with Crippen LogP contribution < -0.4 is 5.32 Å². The van der Waals surface area contributed by atoms with Gasteiger partial charge in [-0.15, -0.1) is 0 Å². The number of nitrogens with zero attached hydrogens (tertiary/aromatic N) is 1. The van der Waals surface area contributed by atoms with Gasteiger partial charge in [-0.2, -0.15) is 0 Å². The van der Waals surface area contributed by atoms with E-state index in [2.05, 4.69) is 17.4 Å². The lowest BCUT2D eigenvalue weighted by Crippen LogP contribution is -2.29. The second-order valence-electron chi connectivity index (χ2n) is 5.39. The van der Waals surface area contributed by atoms with Gasteiger partial charge in [0.15, 0.2) is 5.76 Å². The Labute approximate surface area is 127 Å². The predicted molar refractivity (Wildman–Crippen MR) is 79.8 cm³/mol. The molecule has 2 aromatic rings. The Morgan fingerprint density at radius 1 is 1.32 bits per heavy atom. The summed E-state index contributed by atoms with van der Waals surface area (Å²) in [6.07, 6.45) is 3.20. The Morgan fingerprint density at radius 3 is 2.91 bits per heavy atom. The maximum atomic E-state index is 12.0. The van der Waals surface area contributed by atoms with Gasteiger partial charge in [0.2, 0.25) is 0 Å². The van der Waals surface area contributed by atoms with Crippen LogP contribution >= 0.6 is 0 Å². The van der Waals surface area contributed by atoms with Crippen LogP contribution in [0.3, 0.4) is 0 Å². The molecular weight excluding hydrogens is 284 g/mol. The van der Waals surface area contributed by atoms with Crippen molar-refractivity contribution in [2.45, 2.75) is 25.2 Å². The van der Waals surface area contributed by atoms with Crippen LogP contribution in [0.5, 0.6) is 0 Å². The fourth-order valence-corrected chi connectivity index (χ4v) is 2.92. The Kier molecular flexibility index (Phi) is 3.91. The number of carbonyl (C=O) groups is 1. The largest absolute Gasteiger partial charge is 0.433 e. The van der Waals surface area contributed by atoms with E-state index in [1.807, 2.05) is 12.1 Å². The van der Waals surface area contributed by atoms with Gasteiger partial charge in [0.1, 0.15) is 4.92 Å². The Morgan fingerprint density at radius 2 is 2.14 bits per heavy atom. The topological polar surface area (TPSA) is 85.4 Å². The molecule has 1 heterocycles. The van der Waals surface area contributed by atoms with E-state index in [9.17, 15) is 14.9 Å². The van der Waals surface area contributed by atoms with E-state index >= 15 is 0 Å². The molecule has 1 amide bonds. The van der Waals surface area contributed by atoms with Crippen LogP contribution in [0.15, 0.2) is 40.8 Å². The molecule has 1 aromatic carbocycles. The van der Waals surface area contributed by atoms with E-state index < -0.39 is 16.7 Å². The number of nitro groups is 1. The molecule has 0 radical (unpaired) electrons. The molecule has 3 rings (SSSR count). The zero-order chi connectivity index (χ0) is 15.5. The fourth-order valence-electron chi connectivity index (χ4n) is 2.92. The quantitative estimate of drug-likeness (QED) is 0.694. The number of amides is 1. The minimum absolute atomic E-state index is 0.0317. The van der Waals surface area contributed by atoms with Crippen molar-refractivity contribution < 1.29 is 14.1 Å². The van der Waals surface area contributed by atoms with Gasteiger partial charge in [0, 0.05) is 12.5 Å². The SMILES string of the molecule is O=C(NCC1CCCc2ccccc21)c1ccc([N+](=O)[O-])o1. The highest BCUT2D eigenvalue weighted by Gasteiger charge is 2.22. The molecule has 1 aliphatic carbocycles. The van der Waals surface area contributed by atoms with Crippen molar-refractivity contribution in [3.63, 3.8) is 0 Å². The minimum atomic E-state index is -0.659. The van der Waals surface area contributed by atoms with Gasteiger partial charge < -0.3 is 9.73 Å². The Balaban J connectivity index is 1.65. The molecule has 0 spiro atoms. The number of furan rings is 1. The van der Waals surface area contributed by atoms with Gasteiger partial charge in [0.25, 0.3) is 5.91 Å². The van der Waals surface area contributed by atoms with Crippen LogP contribution in [0.25, 0.3) is 0 Å². The van der Waals surface area contributed by atoms with Crippen LogP contribution in [0.2, 0.25) is 0 Å². The Hall–Kier alpha value is -2.63. The molecule has 6 heteroatoms. The van der Waals surface area contributed by atoms with Gasteiger partial charge in [-0.1, -0.05) is 24.3 Å². The van der Waals surface area contributed by atoms with Crippen LogP contribution in [0, 0.1) is 10.1 Å². The van der Waals surface area contributed by atoms with E-state index in [-0.39, 0.29) is 11.7 Å². The summed E-state index contributed by atoms with van der Waals surface area (Å²) in [4.78, 5) is 21.9. The first-order valence-corrected chi connectivity index (χ1v) is 7.25. The molecule has 0 bridgehead atoms. The molecule has 6 nitrogen and oxygen atoms in total. The molecule has 1 aromatic heterocycles. The van der Waals surface area contributed by atoms with E-state index in [1.165, 1.54) is 23.3 Å². The third-order valence-electron chi connectivity index (χ3n) is 4.00. The maximum absolute atomic E-state index is 12.0. The number of rotatable bonds is 4. The molecule has 1 aliphatic rings. The van der Waals surface area contributed by atoms with Crippen molar-refractivity contribution >= 4 is 11.8 Å². The smallest absolute Gasteiger partial charge is 0.395 e. The Bertz CT molecular complexity index is 708. The number of hydrogen-bond donors (Lipinski definition) is 1. The average molecular weight is 300 g/mol. The van der Waals surface area contributed by atoms with E-state index in [0.29, 0.717) is 6.54 Å². The summed E-state index contributed by atoms with van der Waals surface area (Å²) in [5.74, 6) is -0.598. The van der Waals surface area contributed by atoms with Gasteiger partial charge >= 0.3 is 5.88 Å². The summed E-state index contributed by atoms with van der Waals surface area (Å²) < 4.78 is 4.91. The predicted octanol–water partition coefficient (Wildman–Crippen LogP) is 3.04. The molecule has 0 saturated heterocycles. The molecule has 114 valence electrons. The lowest BCUT2D eigenvalue weighted by molar-refractivity contribution is -0.402. The summed E-state index contributed by atoms with van der Waals surface area (Å²) in [5.41, 5.74) is 2.61. The third kappa shape index (κ3) is 2.86. The number of benzene rings is 1. The van der Waals surface area contributed by atoms with Crippen molar-refractivity contribution in [2.24, 2.45) is 0 Å². The normalized spacial score (nSPS) is 16.8. The van der Waals surface area contributed by atoms with E-state index in [1.54, 1.807) is 0 Å². The summed E-state index contributed by atoms with van der Waals surface area (Å²) in [6.45, 7) is 0.504. The van der Waals surface area contributed by atoms with Crippen molar-refractivity contribution in [3.05, 3.63) is 63.4 Å². The van der Waals surface area contributed by atoms with Gasteiger partial charge in [0.05, 0.1) is 6.07 Å². The van der Waals surface area contributed by atoms with Gasteiger partial charge in [-0.05, 0) is 36.5 Å². The molecule has 0 fully saturated rings. The number of hydrogen-bond acceptors (Lipinski definition) is 4. The molecule has 1 unspecified atom stereocenters. The highest BCUT2D eigenvalue weighted by atomic mass is 16.6. The van der Waals surface area contributed by atoms with Crippen molar-refractivity contribution in [2.75, 3.05) is 6.54 Å². The lowest BCUT2D eigenvalue weighted by atomic mass is 9.83. The molecular formula is C16H16N2O4. The monoisotopic (exact) mass is 300 g/mol.